The van der Waals surface area contributed by atoms with E-state index in [1.54, 1.807) is 30.3 Å². The first kappa shape index (κ1) is 16.9. The SMILES string of the molecule is Clc1ccc(Oc2nc(C(Cl)(Cl)Cl)nc3ccccc23)c(Cl)c1. The summed E-state index contributed by atoms with van der Waals surface area (Å²) in [6.07, 6.45) is 0. The Morgan fingerprint density at radius 1 is 0.913 bits per heavy atom. The lowest BCUT2D eigenvalue weighted by molar-refractivity contribution is 0.466. The number of benzene rings is 2. The molecule has 0 aliphatic carbocycles. The maximum absolute atomic E-state index is 6.13. The average Bonchev–Trinajstić information content (AvgIpc) is 2.49. The molecule has 0 aliphatic heterocycles. The van der Waals surface area contributed by atoms with Crippen molar-refractivity contribution in [1.29, 1.82) is 0 Å². The molecule has 0 saturated carbocycles. The highest BCUT2D eigenvalue weighted by molar-refractivity contribution is 6.66. The molecular formula is C15H7Cl5N2O. The Balaban J connectivity index is 2.15. The highest BCUT2D eigenvalue weighted by Gasteiger charge is 2.28. The Hall–Kier alpha value is -0.970. The highest BCUT2D eigenvalue weighted by atomic mass is 35.6. The van der Waals surface area contributed by atoms with Crippen molar-refractivity contribution in [2.45, 2.75) is 3.79 Å². The van der Waals surface area contributed by atoms with Crippen LogP contribution in [0.3, 0.4) is 0 Å². The van der Waals surface area contributed by atoms with Crippen LogP contribution in [0.4, 0.5) is 0 Å². The van der Waals surface area contributed by atoms with Crippen LogP contribution in [0.2, 0.25) is 10.0 Å². The molecule has 0 fully saturated rings. The number of ether oxygens (including phenoxy) is 1. The summed E-state index contributed by atoms with van der Waals surface area (Å²) >= 11 is 29.7. The molecule has 0 N–H and O–H groups in total. The molecule has 3 rings (SSSR count). The van der Waals surface area contributed by atoms with Gasteiger partial charge in [-0.15, -0.1) is 0 Å². The topological polar surface area (TPSA) is 35.0 Å². The van der Waals surface area contributed by atoms with Gasteiger partial charge in [-0.25, -0.2) is 4.98 Å². The lowest BCUT2D eigenvalue weighted by Crippen LogP contribution is -2.08. The summed E-state index contributed by atoms with van der Waals surface area (Å²) in [5.74, 6) is 0.637. The van der Waals surface area contributed by atoms with Gasteiger partial charge < -0.3 is 4.74 Å². The molecule has 0 saturated heterocycles. The molecular weight excluding hydrogens is 401 g/mol. The lowest BCUT2D eigenvalue weighted by atomic mass is 10.2. The lowest BCUT2D eigenvalue weighted by Gasteiger charge is -2.14. The molecule has 3 aromatic rings. The van der Waals surface area contributed by atoms with Gasteiger partial charge in [-0.2, -0.15) is 4.98 Å². The van der Waals surface area contributed by atoms with Crippen molar-refractivity contribution in [2.24, 2.45) is 0 Å². The minimum Gasteiger partial charge on any atom is -0.437 e. The Morgan fingerprint density at radius 3 is 2.35 bits per heavy atom. The summed E-state index contributed by atoms with van der Waals surface area (Å²) in [4.78, 5) is 8.45. The first-order chi connectivity index (χ1) is 10.8. The van der Waals surface area contributed by atoms with Crippen molar-refractivity contribution in [3.05, 3.63) is 58.3 Å². The van der Waals surface area contributed by atoms with E-state index in [0.717, 1.165) is 0 Å². The first-order valence-electron chi connectivity index (χ1n) is 6.31. The minimum absolute atomic E-state index is 0.0151. The van der Waals surface area contributed by atoms with Crippen molar-refractivity contribution in [1.82, 2.24) is 9.97 Å². The third-order valence-corrected chi connectivity index (χ3v) is 3.96. The van der Waals surface area contributed by atoms with Crippen LogP contribution in [0.1, 0.15) is 5.82 Å². The zero-order valence-corrected chi connectivity index (χ0v) is 15.0. The second kappa shape index (κ2) is 6.50. The third kappa shape index (κ3) is 3.76. The van der Waals surface area contributed by atoms with Crippen LogP contribution in [0.25, 0.3) is 10.9 Å². The maximum atomic E-state index is 6.13. The fourth-order valence-corrected chi connectivity index (χ4v) is 2.61. The second-order valence-electron chi connectivity index (χ2n) is 4.54. The fraction of sp³-hybridized carbons (Fsp3) is 0.0667. The second-order valence-corrected chi connectivity index (χ2v) is 7.67. The molecule has 0 spiro atoms. The molecule has 118 valence electrons. The van der Waals surface area contributed by atoms with Crippen LogP contribution in [0.5, 0.6) is 11.6 Å². The van der Waals surface area contributed by atoms with Crippen LogP contribution in [0, 0.1) is 0 Å². The zero-order chi connectivity index (χ0) is 16.6. The average molecular weight is 408 g/mol. The van der Waals surface area contributed by atoms with Gasteiger partial charge in [0.15, 0.2) is 5.82 Å². The van der Waals surface area contributed by atoms with E-state index in [4.69, 9.17) is 62.7 Å². The van der Waals surface area contributed by atoms with E-state index in [1.165, 1.54) is 0 Å². The zero-order valence-electron chi connectivity index (χ0n) is 11.2. The molecule has 0 amide bonds. The number of halogens is 5. The Kier molecular flexibility index (Phi) is 4.77. The smallest absolute Gasteiger partial charge is 0.250 e. The Bertz CT molecular complexity index is 879. The van der Waals surface area contributed by atoms with Crippen LogP contribution in [-0.2, 0) is 3.79 Å². The van der Waals surface area contributed by atoms with E-state index in [9.17, 15) is 0 Å². The number of hydrogen-bond acceptors (Lipinski definition) is 3. The molecule has 0 atom stereocenters. The number of hydrogen-bond donors (Lipinski definition) is 0. The van der Waals surface area contributed by atoms with E-state index in [-0.39, 0.29) is 11.7 Å². The summed E-state index contributed by atoms with van der Waals surface area (Å²) < 4.78 is 4.02. The number of alkyl halides is 3. The van der Waals surface area contributed by atoms with Crippen molar-refractivity contribution < 1.29 is 4.74 Å². The number of nitrogens with zero attached hydrogens (tertiary/aromatic N) is 2. The van der Waals surface area contributed by atoms with Gasteiger partial charge >= 0.3 is 0 Å². The molecule has 2 aromatic carbocycles. The quantitative estimate of drug-likeness (QED) is 0.451. The van der Waals surface area contributed by atoms with Gasteiger partial charge in [-0.1, -0.05) is 70.1 Å². The fourth-order valence-electron chi connectivity index (χ4n) is 1.91. The Morgan fingerprint density at radius 2 is 1.65 bits per heavy atom. The molecule has 23 heavy (non-hydrogen) atoms. The number of fused-ring (bicyclic) bond motifs is 1. The Labute approximate surface area is 157 Å². The summed E-state index contributed by atoms with van der Waals surface area (Å²) in [5, 5.41) is 1.50. The molecule has 0 radical (unpaired) electrons. The summed E-state index contributed by atoms with van der Waals surface area (Å²) in [6, 6.07) is 12.1. The summed E-state index contributed by atoms with van der Waals surface area (Å²) in [7, 11) is 0. The van der Waals surface area contributed by atoms with Gasteiger partial charge in [0.25, 0.3) is 0 Å². The van der Waals surface area contributed by atoms with E-state index in [2.05, 4.69) is 9.97 Å². The predicted molar refractivity (Wildman–Crippen MR) is 95.3 cm³/mol. The first-order valence-corrected chi connectivity index (χ1v) is 8.20. The number of aromatic nitrogens is 2. The monoisotopic (exact) mass is 406 g/mol. The maximum Gasteiger partial charge on any atom is 0.250 e. The van der Waals surface area contributed by atoms with Crippen LogP contribution < -0.4 is 4.74 Å². The molecule has 0 aliphatic rings. The number of rotatable bonds is 2. The molecule has 1 aromatic heterocycles. The van der Waals surface area contributed by atoms with Gasteiger partial charge in [-0.05, 0) is 30.3 Å². The van der Waals surface area contributed by atoms with Gasteiger partial charge in [0.2, 0.25) is 9.67 Å². The normalized spacial score (nSPS) is 11.7. The molecule has 0 unspecified atom stereocenters. The van der Waals surface area contributed by atoms with Crippen molar-refractivity contribution in [3.63, 3.8) is 0 Å². The van der Waals surface area contributed by atoms with Gasteiger partial charge in [0, 0.05) is 5.02 Å². The van der Waals surface area contributed by atoms with E-state index < -0.39 is 3.79 Å². The number of para-hydroxylation sites is 1. The molecule has 8 heteroatoms. The van der Waals surface area contributed by atoms with Crippen LogP contribution in [0.15, 0.2) is 42.5 Å². The van der Waals surface area contributed by atoms with Gasteiger partial charge in [-0.3, -0.25) is 0 Å². The van der Waals surface area contributed by atoms with Gasteiger partial charge in [0.05, 0.1) is 15.9 Å². The van der Waals surface area contributed by atoms with E-state index >= 15 is 0 Å². The largest absolute Gasteiger partial charge is 0.437 e. The van der Waals surface area contributed by atoms with Crippen molar-refractivity contribution in [3.8, 4) is 11.6 Å². The van der Waals surface area contributed by atoms with Crippen molar-refractivity contribution in [2.75, 3.05) is 0 Å². The highest BCUT2D eigenvalue weighted by Crippen LogP contribution is 2.39. The third-order valence-electron chi connectivity index (χ3n) is 2.92. The summed E-state index contributed by atoms with van der Waals surface area (Å²) in [5.41, 5.74) is 0.587. The molecule has 1 heterocycles. The van der Waals surface area contributed by atoms with Crippen LogP contribution >= 0.6 is 58.0 Å². The predicted octanol–water partition coefficient (Wildman–Crippen LogP) is 6.56. The van der Waals surface area contributed by atoms with Crippen LogP contribution in [-0.4, -0.2) is 9.97 Å². The molecule has 3 nitrogen and oxygen atoms in total. The van der Waals surface area contributed by atoms with E-state index in [1.807, 2.05) is 12.1 Å². The molecule has 0 bridgehead atoms. The minimum atomic E-state index is -1.77. The van der Waals surface area contributed by atoms with Gasteiger partial charge in [0.1, 0.15) is 5.75 Å². The summed E-state index contributed by atoms with van der Waals surface area (Å²) in [6.45, 7) is 0. The standard InChI is InChI=1S/C15H7Cl5N2O/c16-8-5-6-12(10(17)7-8)23-13-9-3-1-2-4-11(9)21-14(22-13)15(18,19)20/h1-7H. The van der Waals surface area contributed by atoms with E-state index in [0.29, 0.717) is 26.7 Å². The van der Waals surface area contributed by atoms with Crippen molar-refractivity contribution >= 4 is 68.9 Å².